The lowest BCUT2D eigenvalue weighted by atomic mass is 10.2. The zero-order chi connectivity index (χ0) is 14.7. The zero-order valence-electron chi connectivity index (χ0n) is 11.1. The summed E-state index contributed by atoms with van der Waals surface area (Å²) in [7, 11) is 0. The van der Waals surface area contributed by atoms with Gasteiger partial charge >= 0.3 is 0 Å². The van der Waals surface area contributed by atoms with Crippen LogP contribution in [0.15, 0.2) is 30.5 Å². The Morgan fingerprint density at radius 3 is 3.10 bits per heavy atom. The van der Waals surface area contributed by atoms with Gasteiger partial charge in [0.25, 0.3) is 0 Å². The van der Waals surface area contributed by atoms with Crippen LogP contribution in [0.4, 0.5) is 5.82 Å². The molecule has 1 aliphatic rings. The van der Waals surface area contributed by atoms with Crippen molar-refractivity contribution in [1.29, 1.82) is 0 Å². The van der Waals surface area contributed by atoms with Gasteiger partial charge < -0.3 is 20.5 Å². The first-order chi connectivity index (χ1) is 10.2. The highest BCUT2D eigenvalue weighted by Crippen LogP contribution is 2.32. The van der Waals surface area contributed by atoms with Gasteiger partial charge in [0.15, 0.2) is 11.5 Å². The fourth-order valence-electron chi connectivity index (χ4n) is 1.89. The van der Waals surface area contributed by atoms with E-state index in [0.717, 1.165) is 11.1 Å². The molecule has 2 heterocycles. The predicted octanol–water partition coefficient (Wildman–Crippen LogP) is 1.05. The number of ether oxygens (including phenoxy) is 2. The number of nitrogens with one attached hydrogen (secondary N) is 2. The molecular formula is C14H14N4O3. The molecule has 4 N–H and O–H groups in total. The number of nitrogens with zero attached hydrogens (tertiary/aromatic N) is 1. The highest BCUT2D eigenvalue weighted by atomic mass is 16.7. The molecule has 7 heteroatoms. The van der Waals surface area contributed by atoms with Gasteiger partial charge in [-0.2, -0.15) is 5.10 Å². The average molecular weight is 286 g/mol. The molecule has 1 aliphatic heterocycles. The summed E-state index contributed by atoms with van der Waals surface area (Å²) in [5.74, 6) is 1.64. The van der Waals surface area contributed by atoms with Crippen LogP contribution in [-0.4, -0.2) is 22.9 Å². The quantitative estimate of drug-likeness (QED) is 0.729. The summed E-state index contributed by atoms with van der Waals surface area (Å²) >= 11 is 0. The summed E-state index contributed by atoms with van der Waals surface area (Å²) in [5.41, 5.74) is 7.24. The molecule has 108 valence electrons. The Hall–Kier alpha value is -2.96. The van der Waals surface area contributed by atoms with Gasteiger partial charge in [0.05, 0.1) is 6.20 Å². The van der Waals surface area contributed by atoms with Crippen LogP contribution in [0.2, 0.25) is 0 Å². The predicted molar refractivity (Wildman–Crippen MR) is 76.4 cm³/mol. The highest BCUT2D eigenvalue weighted by molar-refractivity contribution is 5.91. The number of nitrogens with two attached hydrogens (primary N) is 1. The average Bonchev–Trinajstić information content (AvgIpc) is 3.11. The Balaban J connectivity index is 1.58. The Labute approximate surface area is 120 Å². The topological polar surface area (TPSA) is 102 Å². The monoisotopic (exact) mass is 286 g/mol. The number of anilines is 1. The summed E-state index contributed by atoms with van der Waals surface area (Å²) in [6, 6.07) is 5.48. The van der Waals surface area contributed by atoms with Crippen molar-refractivity contribution < 1.29 is 14.3 Å². The molecule has 21 heavy (non-hydrogen) atoms. The zero-order valence-corrected chi connectivity index (χ0v) is 11.1. The number of amides is 1. The van der Waals surface area contributed by atoms with Gasteiger partial charge in [-0.1, -0.05) is 6.07 Å². The third-order valence-corrected chi connectivity index (χ3v) is 3.03. The van der Waals surface area contributed by atoms with Crippen molar-refractivity contribution in [2.75, 3.05) is 12.5 Å². The van der Waals surface area contributed by atoms with Crippen LogP contribution in [0.25, 0.3) is 6.08 Å². The van der Waals surface area contributed by atoms with Gasteiger partial charge in [-0.3, -0.25) is 9.89 Å². The normalized spacial score (nSPS) is 12.8. The van der Waals surface area contributed by atoms with E-state index in [1.165, 1.54) is 6.08 Å². The molecule has 0 atom stereocenters. The third kappa shape index (κ3) is 2.97. The Morgan fingerprint density at radius 1 is 1.43 bits per heavy atom. The number of hydrogen-bond donors (Lipinski definition) is 3. The molecule has 0 radical (unpaired) electrons. The number of nitrogen functional groups attached to an aromatic ring is 1. The van der Waals surface area contributed by atoms with Crippen molar-refractivity contribution in [1.82, 2.24) is 15.5 Å². The van der Waals surface area contributed by atoms with Crippen molar-refractivity contribution in [3.05, 3.63) is 41.6 Å². The molecule has 0 saturated heterocycles. The van der Waals surface area contributed by atoms with E-state index < -0.39 is 0 Å². The Kier molecular flexibility index (Phi) is 3.46. The molecule has 1 amide bonds. The number of carbonyl (C=O) groups excluding carboxylic acids is 1. The Morgan fingerprint density at radius 2 is 2.29 bits per heavy atom. The number of carbonyl (C=O) groups is 1. The van der Waals surface area contributed by atoms with Gasteiger partial charge in [-0.15, -0.1) is 0 Å². The number of benzene rings is 1. The van der Waals surface area contributed by atoms with Crippen LogP contribution < -0.4 is 20.5 Å². The minimum atomic E-state index is -0.215. The van der Waals surface area contributed by atoms with Crippen molar-refractivity contribution in [2.24, 2.45) is 0 Å². The van der Waals surface area contributed by atoms with Crippen LogP contribution >= 0.6 is 0 Å². The van der Waals surface area contributed by atoms with Gasteiger partial charge in [0.2, 0.25) is 12.7 Å². The largest absolute Gasteiger partial charge is 0.454 e. The van der Waals surface area contributed by atoms with E-state index in [4.69, 9.17) is 15.2 Å². The highest BCUT2D eigenvalue weighted by Gasteiger charge is 2.12. The van der Waals surface area contributed by atoms with Crippen LogP contribution in [0.3, 0.4) is 0 Å². The molecule has 3 rings (SSSR count). The second-order valence-corrected chi connectivity index (χ2v) is 4.47. The molecular weight excluding hydrogens is 272 g/mol. The molecule has 1 aromatic carbocycles. The van der Waals surface area contributed by atoms with E-state index in [-0.39, 0.29) is 12.7 Å². The number of aromatic nitrogens is 2. The van der Waals surface area contributed by atoms with Crippen LogP contribution in [0.5, 0.6) is 11.5 Å². The lowest BCUT2D eigenvalue weighted by molar-refractivity contribution is -0.116. The van der Waals surface area contributed by atoms with Gasteiger partial charge in [-0.05, 0) is 23.8 Å². The lowest BCUT2D eigenvalue weighted by Crippen LogP contribution is -2.20. The molecule has 1 aromatic heterocycles. The van der Waals surface area contributed by atoms with E-state index in [0.29, 0.717) is 23.9 Å². The number of aromatic amines is 1. The second kappa shape index (κ2) is 5.58. The minimum Gasteiger partial charge on any atom is -0.454 e. The van der Waals surface area contributed by atoms with E-state index in [2.05, 4.69) is 15.5 Å². The van der Waals surface area contributed by atoms with Gasteiger partial charge in [0.1, 0.15) is 5.82 Å². The number of H-pyrrole nitrogens is 1. The lowest BCUT2D eigenvalue weighted by Gasteiger charge is -2.01. The summed E-state index contributed by atoms with van der Waals surface area (Å²) in [6.07, 6.45) is 4.74. The van der Waals surface area contributed by atoms with Crippen LogP contribution in [0, 0.1) is 0 Å². The fourth-order valence-corrected chi connectivity index (χ4v) is 1.89. The molecule has 0 spiro atoms. The first kappa shape index (κ1) is 13.0. The van der Waals surface area contributed by atoms with E-state index in [1.807, 2.05) is 18.2 Å². The van der Waals surface area contributed by atoms with Crippen molar-refractivity contribution >= 4 is 17.8 Å². The molecule has 0 fully saturated rings. The number of rotatable bonds is 4. The molecule has 0 bridgehead atoms. The third-order valence-electron chi connectivity index (χ3n) is 3.03. The Bertz CT molecular complexity index is 693. The summed E-state index contributed by atoms with van der Waals surface area (Å²) in [4.78, 5) is 11.7. The molecule has 0 saturated carbocycles. The molecule has 0 aliphatic carbocycles. The van der Waals surface area contributed by atoms with Gasteiger partial charge in [-0.25, -0.2) is 0 Å². The first-order valence-electron chi connectivity index (χ1n) is 6.35. The van der Waals surface area contributed by atoms with E-state index in [1.54, 1.807) is 12.3 Å². The maximum absolute atomic E-state index is 11.7. The first-order valence-corrected chi connectivity index (χ1v) is 6.35. The minimum absolute atomic E-state index is 0.215. The summed E-state index contributed by atoms with van der Waals surface area (Å²) < 4.78 is 10.5. The standard InChI is InChI=1S/C14H14N4O3/c15-14-10(7-17-18-14)6-16-13(19)4-2-9-1-3-11-12(5-9)21-8-20-11/h1-5,7H,6,8H2,(H,16,19)(H3,15,17,18). The van der Waals surface area contributed by atoms with Crippen molar-refractivity contribution in [3.63, 3.8) is 0 Å². The van der Waals surface area contributed by atoms with Crippen LogP contribution in [0.1, 0.15) is 11.1 Å². The maximum atomic E-state index is 11.7. The second-order valence-electron chi connectivity index (χ2n) is 4.47. The number of hydrogen-bond acceptors (Lipinski definition) is 5. The summed E-state index contributed by atoms with van der Waals surface area (Å²) in [6.45, 7) is 0.557. The molecule has 7 nitrogen and oxygen atoms in total. The van der Waals surface area contributed by atoms with Crippen molar-refractivity contribution in [3.8, 4) is 11.5 Å². The van der Waals surface area contributed by atoms with E-state index >= 15 is 0 Å². The fraction of sp³-hybridized carbons (Fsp3) is 0.143. The van der Waals surface area contributed by atoms with Crippen LogP contribution in [-0.2, 0) is 11.3 Å². The molecule has 2 aromatic rings. The smallest absolute Gasteiger partial charge is 0.244 e. The molecule has 0 unspecified atom stereocenters. The van der Waals surface area contributed by atoms with Gasteiger partial charge in [0, 0.05) is 18.2 Å². The number of fused-ring (bicyclic) bond motifs is 1. The SMILES string of the molecule is Nc1[nH]ncc1CNC(=O)C=Cc1ccc2c(c1)OCO2. The maximum Gasteiger partial charge on any atom is 0.244 e. The van der Waals surface area contributed by atoms with E-state index in [9.17, 15) is 4.79 Å². The summed E-state index contributed by atoms with van der Waals surface area (Å²) in [5, 5.41) is 9.12. The van der Waals surface area contributed by atoms with Crippen molar-refractivity contribution in [2.45, 2.75) is 6.54 Å².